The Hall–Kier alpha value is -4.67. The Morgan fingerprint density at radius 2 is 1.66 bits per heavy atom. The lowest BCUT2D eigenvalue weighted by atomic mass is 9.82. The van der Waals surface area contributed by atoms with Crippen LogP contribution in [-0.4, -0.2) is 21.7 Å². The van der Waals surface area contributed by atoms with Crippen molar-refractivity contribution in [3.05, 3.63) is 113 Å². The summed E-state index contributed by atoms with van der Waals surface area (Å²) >= 11 is 0. The average molecular weight is 573 g/mol. The Morgan fingerprint density at radius 3 is 2.32 bits per heavy atom. The smallest absolute Gasteiger partial charge is 0.416 e. The van der Waals surface area contributed by atoms with E-state index in [1.165, 1.54) is 37.4 Å². The Balaban J connectivity index is 1.65. The molecule has 2 N–H and O–H groups in total. The van der Waals surface area contributed by atoms with Gasteiger partial charge >= 0.3 is 12.3 Å². The molecule has 41 heavy (non-hydrogen) atoms. The lowest BCUT2D eigenvalue weighted by Gasteiger charge is -2.26. The molecule has 0 saturated heterocycles. The Morgan fingerprint density at radius 1 is 0.951 bits per heavy atom. The molecule has 0 atom stereocenters. The zero-order valence-corrected chi connectivity index (χ0v) is 22.1. The van der Waals surface area contributed by atoms with Crippen molar-refractivity contribution >= 4 is 17.7 Å². The summed E-state index contributed by atoms with van der Waals surface area (Å²) in [7, 11) is 0. The van der Waals surface area contributed by atoms with Crippen LogP contribution < -0.4 is 10.1 Å². The van der Waals surface area contributed by atoms with Gasteiger partial charge in [0.05, 0.1) is 11.1 Å². The summed E-state index contributed by atoms with van der Waals surface area (Å²) in [5.74, 6) is -2.17. The van der Waals surface area contributed by atoms with Crippen LogP contribution in [0, 0.1) is 18.6 Å². The molecule has 1 heterocycles. The molecule has 0 aliphatic rings. The molecule has 4 aromatic rings. The first-order chi connectivity index (χ1) is 19.2. The Bertz CT molecular complexity index is 1630. The second-order valence-corrected chi connectivity index (χ2v) is 10.1. The number of hydrogen-bond donors (Lipinski definition) is 2. The van der Waals surface area contributed by atoms with Crippen LogP contribution in [0.5, 0.6) is 11.5 Å². The normalized spacial score (nSPS) is 11.8. The number of benzene rings is 3. The third-order valence-electron chi connectivity index (χ3n) is 6.49. The molecule has 0 fully saturated rings. The lowest BCUT2D eigenvalue weighted by Crippen LogP contribution is -2.27. The van der Waals surface area contributed by atoms with E-state index >= 15 is 0 Å². The van der Waals surface area contributed by atoms with E-state index in [4.69, 9.17) is 4.74 Å². The van der Waals surface area contributed by atoms with Crippen molar-refractivity contribution in [3.63, 3.8) is 0 Å². The number of nitrogens with one attached hydrogen (secondary N) is 1. The van der Waals surface area contributed by atoms with Gasteiger partial charge in [0.25, 0.3) is 5.91 Å². The maximum Gasteiger partial charge on any atom is 0.416 e. The number of anilines is 1. The van der Waals surface area contributed by atoms with Gasteiger partial charge in [0, 0.05) is 23.0 Å². The number of aromatic nitrogens is 1. The maximum atomic E-state index is 14.8. The van der Waals surface area contributed by atoms with Crippen LogP contribution in [0.25, 0.3) is 0 Å². The molecule has 0 aliphatic heterocycles. The molecule has 1 amide bonds. The third kappa shape index (κ3) is 6.56. The fraction of sp³-hybridized carbons (Fsp3) is 0.200. The number of halogens is 5. The molecule has 1 aromatic heterocycles. The SMILES string of the molecule is Cc1cc(F)ccc1Oc1ccc(C(F)(F)F)cc1C(=O)Nc1ccc(F)c(CC(C)(C)c2cccn2C(=O)O)c1. The van der Waals surface area contributed by atoms with Gasteiger partial charge < -0.3 is 15.2 Å². The highest BCUT2D eigenvalue weighted by Crippen LogP contribution is 2.36. The first-order valence-corrected chi connectivity index (χ1v) is 12.3. The van der Waals surface area contributed by atoms with Crippen molar-refractivity contribution in [2.45, 2.75) is 38.8 Å². The molecular weight excluding hydrogens is 547 g/mol. The predicted molar refractivity (Wildman–Crippen MR) is 142 cm³/mol. The van der Waals surface area contributed by atoms with Gasteiger partial charge in [-0.15, -0.1) is 0 Å². The molecule has 0 aliphatic carbocycles. The second-order valence-electron chi connectivity index (χ2n) is 10.1. The van der Waals surface area contributed by atoms with Crippen molar-refractivity contribution in [2.24, 2.45) is 0 Å². The topological polar surface area (TPSA) is 80.6 Å². The lowest BCUT2D eigenvalue weighted by molar-refractivity contribution is -0.137. The van der Waals surface area contributed by atoms with Crippen molar-refractivity contribution in [1.82, 2.24) is 4.57 Å². The summed E-state index contributed by atoms with van der Waals surface area (Å²) in [6.07, 6.45) is -4.54. The van der Waals surface area contributed by atoms with E-state index in [-0.39, 0.29) is 29.2 Å². The van der Waals surface area contributed by atoms with Gasteiger partial charge in [-0.2, -0.15) is 13.2 Å². The van der Waals surface area contributed by atoms with Gasteiger partial charge in [0.1, 0.15) is 23.1 Å². The van der Waals surface area contributed by atoms with E-state index < -0.39 is 46.4 Å². The predicted octanol–water partition coefficient (Wildman–Crippen LogP) is 8.18. The number of nitrogens with zero attached hydrogens (tertiary/aromatic N) is 1. The molecule has 0 saturated carbocycles. The van der Waals surface area contributed by atoms with Gasteiger partial charge in [0.15, 0.2) is 0 Å². The molecule has 6 nitrogen and oxygen atoms in total. The zero-order valence-electron chi connectivity index (χ0n) is 22.1. The van der Waals surface area contributed by atoms with Crippen LogP contribution in [0.2, 0.25) is 0 Å². The van der Waals surface area contributed by atoms with Crippen molar-refractivity contribution in [2.75, 3.05) is 5.32 Å². The number of hydrogen-bond acceptors (Lipinski definition) is 3. The zero-order chi connectivity index (χ0) is 30.1. The molecule has 0 spiro atoms. The average Bonchev–Trinajstić information content (AvgIpc) is 3.39. The molecule has 0 unspecified atom stereocenters. The first kappa shape index (κ1) is 29.3. The monoisotopic (exact) mass is 572 g/mol. The largest absolute Gasteiger partial charge is 0.464 e. The maximum absolute atomic E-state index is 14.8. The van der Waals surface area contributed by atoms with Gasteiger partial charge in [-0.05, 0) is 91.2 Å². The van der Waals surface area contributed by atoms with E-state index in [0.717, 1.165) is 28.8 Å². The third-order valence-corrected chi connectivity index (χ3v) is 6.49. The van der Waals surface area contributed by atoms with Gasteiger partial charge in [-0.3, -0.25) is 9.36 Å². The second kappa shape index (κ2) is 11.1. The molecule has 3 aromatic carbocycles. The molecule has 11 heteroatoms. The fourth-order valence-corrected chi connectivity index (χ4v) is 4.47. The summed E-state index contributed by atoms with van der Waals surface area (Å²) in [4.78, 5) is 24.8. The molecule has 0 radical (unpaired) electrons. The van der Waals surface area contributed by atoms with Gasteiger partial charge in [-0.1, -0.05) is 13.8 Å². The van der Waals surface area contributed by atoms with Crippen LogP contribution in [0.4, 0.5) is 32.4 Å². The summed E-state index contributed by atoms with van der Waals surface area (Å²) in [6.45, 7) is 5.00. The minimum Gasteiger partial charge on any atom is -0.464 e. The highest BCUT2D eigenvalue weighted by Gasteiger charge is 2.32. The van der Waals surface area contributed by atoms with Crippen LogP contribution in [0.15, 0.2) is 72.9 Å². The number of ether oxygens (including phenoxy) is 1. The fourth-order valence-electron chi connectivity index (χ4n) is 4.47. The van der Waals surface area contributed by atoms with E-state index in [1.54, 1.807) is 26.0 Å². The summed E-state index contributed by atoms with van der Waals surface area (Å²) in [5.41, 5.74) is -1.37. The van der Waals surface area contributed by atoms with Crippen molar-refractivity contribution in [1.29, 1.82) is 0 Å². The number of rotatable bonds is 7. The molecular formula is C30H25F5N2O4. The van der Waals surface area contributed by atoms with E-state index in [9.17, 15) is 36.6 Å². The highest BCUT2D eigenvalue weighted by atomic mass is 19.4. The molecule has 214 valence electrons. The van der Waals surface area contributed by atoms with E-state index in [0.29, 0.717) is 17.3 Å². The number of carboxylic acid groups (broad SMARTS) is 1. The number of amides is 1. The Labute approximate surface area is 232 Å². The quantitative estimate of drug-likeness (QED) is 0.219. The van der Waals surface area contributed by atoms with Crippen molar-refractivity contribution < 1.29 is 41.4 Å². The first-order valence-electron chi connectivity index (χ1n) is 12.3. The Kier molecular flexibility index (Phi) is 7.92. The van der Waals surface area contributed by atoms with Crippen LogP contribution in [0.1, 0.15) is 46.6 Å². The van der Waals surface area contributed by atoms with E-state index in [1.807, 2.05) is 0 Å². The summed E-state index contributed by atoms with van der Waals surface area (Å²) < 4.78 is 75.5. The van der Waals surface area contributed by atoms with Gasteiger partial charge in [-0.25, -0.2) is 13.6 Å². The standard InChI is InChI=1S/C30H25F5N2O4/c1-17-13-20(31)7-11-24(17)41-25-10-6-19(30(33,34)35)15-22(25)27(38)36-21-8-9-23(32)18(14-21)16-29(2,3)26-5-4-12-37(26)28(39)40/h4-15H,16H2,1-3H3,(H,36,38)(H,39,40). The number of carbonyl (C=O) groups excluding carboxylic acids is 1. The van der Waals surface area contributed by atoms with E-state index in [2.05, 4.69) is 5.32 Å². The minimum atomic E-state index is -4.75. The van der Waals surface area contributed by atoms with Crippen molar-refractivity contribution in [3.8, 4) is 11.5 Å². The highest BCUT2D eigenvalue weighted by molar-refractivity contribution is 6.06. The molecule has 4 rings (SSSR count). The van der Waals surface area contributed by atoms with Crippen LogP contribution in [-0.2, 0) is 18.0 Å². The number of aryl methyl sites for hydroxylation is 1. The van der Waals surface area contributed by atoms with Gasteiger partial charge in [0.2, 0.25) is 0 Å². The minimum absolute atomic E-state index is 0.0433. The van der Waals surface area contributed by atoms with Crippen LogP contribution in [0.3, 0.4) is 0 Å². The summed E-state index contributed by atoms with van der Waals surface area (Å²) in [6, 6.07) is 12.8. The number of alkyl halides is 3. The van der Waals surface area contributed by atoms with Crippen LogP contribution >= 0.6 is 0 Å². The summed E-state index contributed by atoms with van der Waals surface area (Å²) in [5, 5.41) is 11.9. The number of carbonyl (C=O) groups is 2. The molecule has 0 bridgehead atoms.